The summed E-state index contributed by atoms with van der Waals surface area (Å²) in [6, 6.07) is 29.4. The summed E-state index contributed by atoms with van der Waals surface area (Å²) in [5.74, 6) is -0.523. The maximum Gasteiger partial charge on any atom is 0.335 e. The van der Waals surface area contributed by atoms with E-state index in [0.29, 0.717) is 55.8 Å². The predicted molar refractivity (Wildman–Crippen MR) is 189 cm³/mol. The summed E-state index contributed by atoms with van der Waals surface area (Å²) >= 11 is 1.60. The van der Waals surface area contributed by atoms with Crippen molar-refractivity contribution >= 4 is 40.9 Å². The van der Waals surface area contributed by atoms with E-state index in [2.05, 4.69) is 10.6 Å². The molecule has 0 aliphatic carbocycles. The number of ether oxygens (including phenoxy) is 2. The SMILES string of the molecule is Nc1ccccc1NC(=O)CCCCC(=O)NCc1ccc([C@H]2O[C@@H](CSc3ccc(C(=O)O)cc3)C[C@@H](c3ccc(CO)cc3)O2)cc1. The van der Waals surface area contributed by atoms with Crippen molar-refractivity contribution in [2.45, 2.75) is 68.6 Å². The van der Waals surface area contributed by atoms with Crippen LogP contribution in [0.15, 0.2) is 102 Å². The lowest BCUT2D eigenvalue weighted by molar-refractivity contribution is -0.245. The van der Waals surface area contributed by atoms with Gasteiger partial charge in [-0.25, -0.2) is 4.79 Å². The minimum Gasteiger partial charge on any atom is -0.478 e. The van der Waals surface area contributed by atoms with Crippen LogP contribution in [0.3, 0.4) is 0 Å². The zero-order valence-corrected chi connectivity index (χ0v) is 27.9. The maximum atomic E-state index is 12.5. The number of carboxylic acid groups (broad SMARTS) is 1. The number of unbranched alkanes of at least 4 members (excludes halogenated alkanes) is 1. The third-order valence-corrected chi connectivity index (χ3v) is 9.33. The Bertz CT molecular complexity index is 1700. The molecule has 3 atom stereocenters. The molecule has 0 saturated carbocycles. The summed E-state index contributed by atoms with van der Waals surface area (Å²) in [5.41, 5.74) is 10.8. The van der Waals surface area contributed by atoms with E-state index in [1.54, 1.807) is 54.2 Å². The van der Waals surface area contributed by atoms with Crippen molar-refractivity contribution in [3.63, 3.8) is 0 Å². The van der Waals surface area contributed by atoms with Crippen LogP contribution in [0.4, 0.5) is 11.4 Å². The van der Waals surface area contributed by atoms with Gasteiger partial charge in [0.15, 0.2) is 6.29 Å². The second-order valence-corrected chi connectivity index (χ2v) is 12.9. The molecule has 4 aromatic carbocycles. The number of amides is 2. The highest BCUT2D eigenvalue weighted by molar-refractivity contribution is 7.99. The first-order valence-electron chi connectivity index (χ1n) is 16.2. The highest BCUT2D eigenvalue weighted by Crippen LogP contribution is 2.39. The van der Waals surface area contributed by atoms with Crippen molar-refractivity contribution in [3.05, 3.63) is 125 Å². The summed E-state index contributed by atoms with van der Waals surface area (Å²) in [4.78, 5) is 36.8. The van der Waals surface area contributed by atoms with Gasteiger partial charge in [-0.15, -0.1) is 11.8 Å². The van der Waals surface area contributed by atoms with Gasteiger partial charge in [-0.05, 0) is 65.9 Å². The highest BCUT2D eigenvalue weighted by Gasteiger charge is 2.32. The summed E-state index contributed by atoms with van der Waals surface area (Å²) in [6.07, 6.45) is 1.46. The maximum absolute atomic E-state index is 12.5. The van der Waals surface area contributed by atoms with Gasteiger partial charge in [0, 0.05) is 42.0 Å². The number of carboxylic acids is 1. The number of anilines is 2. The monoisotopic (exact) mass is 683 g/mol. The van der Waals surface area contributed by atoms with Gasteiger partial charge >= 0.3 is 5.97 Å². The molecular weight excluding hydrogens is 642 g/mol. The second kappa shape index (κ2) is 17.6. The minimum absolute atomic E-state index is 0.0333. The number of nitrogens with two attached hydrogens (primary N) is 1. The number of carbonyl (C=O) groups is 3. The van der Waals surface area contributed by atoms with Crippen molar-refractivity contribution in [3.8, 4) is 0 Å². The molecule has 0 aromatic heterocycles. The van der Waals surface area contributed by atoms with Gasteiger partial charge in [-0.1, -0.05) is 60.7 Å². The summed E-state index contributed by atoms with van der Waals surface area (Å²) in [6.45, 7) is 0.341. The first-order chi connectivity index (χ1) is 23.8. The number of nitrogen functional groups attached to an aromatic ring is 1. The lowest BCUT2D eigenvalue weighted by atomic mass is 10.0. The molecule has 4 aromatic rings. The van der Waals surface area contributed by atoms with E-state index >= 15 is 0 Å². The predicted octanol–water partition coefficient (Wildman–Crippen LogP) is 6.61. The summed E-state index contributed by atoms with van der Waals surface area (Å²) < 4.78 is 12.9. The fourth-order valence-electron chi connectivity index (χ4n) is 5.38. The van der Waals surface area contributed by atoms with Crippen molar-refractivity contribution < 1.29 is 34.1 Å². The number of nitrogens with one attached hydrogen (secondary N) is 2. The molecule has 0 unspecified atom stereocenters. The molecular formula is C38H41N3O7S. The van der Waals surface area contributed by atoms with E-state index in [-0.39, 0.29) is 36.2 Å². The van der Waals surface area contributed by atoms with E-state index in [1.165, 1.54) is 0 Å². The molecule has 10 nitrogen and oxygen atoms in total. The van der Waals surface area contributed by atoms with Crippen molar-refractivity contribution in [2.24, 2.45) is 0 Å². The van der Waals surface area contributed by atoms with E-state index < -0.39 is 12.3 Å². The molecule has 6 N–H and O–H groups in total. The van der Waals surface area contributed by atoms with Gasteiger partial charge in [0.05, 0.1) is 35.8 Å². The number of thioether (sulfide) groups is 1. The number of aromatic carboxylic acids is 1. The Morgan fingerprint density at radius 2 is 1.45 bits per heavy atom. The van der Waals surface area contributed by atoms with Crippen molar-refractivity contribution in [2.75, 3.05) is 16.8 Å². The van der Waals surface area contributed by atoms with Crippen LogP contribution in [0.5, 0.6) is 0 Å². The molecule has 2 amide bonds. The van der Waals surface area contributed by atoms with Gasteiger partial charge in [0.25, 0.3) is 0 Å². The Morgan fingerprint density at radius 1 is 0.796 bits per heavy atom. The summed E-state index contributed by atoms with van der Waals surface area (Å²) in [7, 11) is 0. The molecule has 1 fully saturated rings. The van der Waals surface area contributed by atoms with Crippen LogP contribution in [0.2, 0.25) is 0 Å². The number of rotatable bonds is 15. The largest absolute Gasteiger partial charge is 0.478 e. The average molecular weight is 684 g/mol. The summed E-state index contributed by atoms with van der Waals surface area (Å²) in [5, 5.41) is 24.4. The van der Waals surface area contributed by atoms with Crippen LogP contribution in [0, 0.1) is 0 Å². The first-order valence-corrected chi connectivity index (χ1v) is 17.2. The number of hydrogen-bond donors (Lipinski definition) is 5. The minimum atomic E-state index is -0.958. The van der Waals surface area contributed by atoms with E-state index in [0.717, 1.165) is 27.1 Å². The fourth-order valence-corrected chi connectivity index (χ4v) is 6.30. The van der Waals surface area contributed by atoms with Crippen LogP contribution in [-0.2, 0) is 32.2 Å². The van der Waals surface area contributed by atoms with Crippen LogP contribution in [-0.4, -0.2) is 39.9 Å². The molecule has 0 bridgehead atoms. The number of hydrogen-bond acceptors (Lipinski definition) is 8. The lowest BCUT2D eigenvalue weighted by Gasteiger charge is -2.36. The van der Waals surface area contributed by atoms with Crippen LogP contribution < -0.4 is 16.4 Å². The zero-order chi connectivity index (χ0) is 34.6. The third kappa shape index (κ3) is 10.7. The standard InChI is InChI=1S/C38H41N3O7S/c39-32-5-1-2-6-33(32)41-36(44)8-4-3-7-35(43)40-22-25-9-15-29(16-10-25)38-47-30(24-49-31-19-17-28(18-20-31)37(45)46)21-34(48-38)27-13-11-26(23-42)12-14-27/h1-2,5-6,9-20,30,34,38,42H,3-4,7-8,21-24,39H2,(H,40,43)(H,41,44)(H,45,46)/t30-,34+,38+/m1/s1. The number of carbonyl (C=O) groups excluding carboxylic acids is 2. The fraction of sp³-hybridized carbons (Fsp3) is 0.289. The molecule has 1 heterocycles. The van der Waals surface area contributed by atoms with Crippen molar-refractivity contribution in [1.29, 1.82) is 0 Å². The molecule has 1 aliphatic rings. The number of para-hydroxylation sites is 2. The average Bonchev–Trinajstić information content (AvgIpc) is 3.13. The normalized spacial score (nSPS) is 17.3. The zero-order valence-electron chi connectivity index (χ0n) is 27.0. The van der Waals surface area contributed by atoms with Gasteiger partial charge in [0.2, 0.25) is 11.8 Å². The van der Waals surface area contributed by atoms with Gasteiger partial charge in [0.1, 0.15) is 0 Å². The van der Waals surface area contributed by atoms with Crippen LogP contribution in [0.25, 0.3) is 0 Å². The number of aliphatic hydroxyl groups excluding tert-OH is 1. The molecule has 49 heavy (non-hydrogen) atoms. The van der Waals surface area contributed by atoms with E-state index in [4.69, 9.17) is 15.2 Å². The molecule has 256 valence electrons. The lowest BCUT2D eigenvalue weighted by Crippen LogP contribution is -2.31. The number of aliphatic hydroxyl groups is 1. The van der Waals surface area contributed by atoms with Gasteiger partial charge < -0.3 is 36.1 Å². The van der Waals surface area contributed by atoms with E-state index in [9.17, 15) is 24.6 Å². The number of benzene rings is 4. The Balaban J connectivity index is 1.12. The Kier molecular flexibility index (Phi) is 12.8. The van der Waals surface area contributed by atoms with Crippen molar-refractivity contribution in [1.82, 2.24) is 5.32 Å². The Morgan fingerprint density at radius 3 is 2.12 bits per heavy atom. The molecule has 1 saturated heterocycles. The first kappa shape index (κ1) is 35.6. The van der Waals surface area contributed by atoms with E-state index in [1.807, 2.05) is 54.6 Å². The molecule has 1 aliphatic heterocycles. The molecule has 5 rings (SSSR count). The quantitative estimate of drug-likeness (QED) is 0.0528. The molecule has 11 heteroatoms. The second-order valence-electron chi connectivity index (χ2n) is 11.9. The highest BCUT2D eigenvalue weighted by atomic mass is 32.2. The van der Waals surface area contributed by atoms with Gasteiger partial charge in [-0.3, -0.25) is 9.59 Å². The Labute approximate surface area is 290 Å². The molecule has 0 spiro atoms. The van der Waals surface area contributed by atoms with Crippen LogP contribution >= 0.6 is 11.8 Å². The third-order valence-electron chi connectivity index (χ3n) is 8.19. The van der Waals surface area contributed by atoms with Crippen LogP contribution in [0.1, 0.15) is 77.1 Å². The molecule has 0 radical (unpaired) electrons. The topological polar surface area (TPSA) is 160 Å². The van der Waals surface area contributed by atoms with Gasteiger partial charge in [-0.2, -0.15) is 0 Å². The Hall–Kier alpha value is -4.68. The smallest absolute Gasteiger partial charge is 0.335 e.